The lowest BCUT2D eigenvalue weighted by molar-refractivity contribution is 0.475. The number of nitrogens with one attached hydrogen (secondary N) is 1. The molecule has 158 valence electrons. The molecule has 1 aromatic heterocycles. The van der Waals surface area contributed by atoms with E-state index in [1.165, 1.54) is 18.4 Å². The number of phenols is 1. The molecule has 0 unspecified atom stereocenters. The molecule has 31 heavy (non-hydrogen) atoms. The third kappa shape index (κ3) is 3.95. The van der Waals surface area contributed by atoms with E-state index >= 15 is 0 Å². The van der Waals surface area contributed by atoms with Crippen LogP contribution < -0.4 is 5.32 Å². The quantitative estimate of drug-likeness (QED) is 0.486. The number of nitrogens with zero attached hydrogens (tertiary/aromatic N) is 3. The number of anilines is 2. The van der Waals surface area contributed by atoms with Gasteiger partial charge in [0.25, 0.3) is 0 Å². The molecule has 3 aromatic carbocycles. The van der Waals surface area contributed by atoms with Crippen molar-refractivity contribution in [3.8, 4) is 17.0 Å². The summed E-state index contributed by atoms with van der Waals surface area (Å²) in [5.41, 5.74) is 2.60. The first-order valence-electron chi connectivity index (χ1n) is 9.62. The zero-order valence-electron chi connectivity index (χ0n) is 17.4. The molecule has 4 rings (SSSR count). The van der Waals surface area contributed by atoms with Crippen LogP contribution in [-0.2, 0) is 10.0 Å². The Hall–Kier alpha value is -3.49. The highest BCUT2D eigenvalue weighted by atomic mass is 32.2. The third-order valence-electron chi connectivity index (χ3n) is 5.02. The van der Waals surface area contributed by atoms with Gasteiger partial charge in [0.15, 0.2) is 5.82 Å². The van der Waals surface area contributed by atoms with Crippen molar-refractivity contribution in [3.05, 3.63) is 72.3 Å². The van der Waals surface area contributed by atoms with E-state index in [1.54, 1.807) is 37.3 Å². The fraction of sp³-hybridized carbons (Fsp3) is 0.130. The minimum Gasteiger partial charge on any atom is -0.508 e. The number of rotatable bonds is 5. The van der Waals surface area contributed by atoms with E-state index in [2.05, 4.69) is 15.5 Å². The average Bonchev–Trinajstić information content (AvgIpc) is 2.74. The maximum Gasteiger partial charge on any atom is 0.242 e. The Balaban J connectivity index is 1.85. The number of sulfonamides is 1. The van der Waals surface area contributed by atoms with Crippen molar-refractivity contribution >= 4 is 32.3 Å². The van der Waals surface area contributed by atoms with Crippen molar-refractivity contribution in [1.82, 2.24) is 14.5 Å². The predicted molar refractivity (Wildman–Crippen MR) is 122 cm³/mol. The van der Waals surface area contributed by atoms with Crippen LogP contribution in [0.15, 0.2) is 71.6 Å². The van der Waals surface area contributed by atoms with E-state index in [0.29, 0.717) is 28.3 Å². The van der Waals surface area contributed by atoms with Gasteiger partial charge in [0.1, 0.15) is 11.4 Å². The van der Waals surface area contributed by atoms with Crippen molar-refractivity contribution in [1.29, 1.82) is 0 Å². The maximum absolute atomic E-state index is 12.7. The molecule has 4 aromatic rings. The van der Waals surface area contributed by atoms with Gasteiger partial charge in [0.05, 0.1) is 4.90 Å². The topological polar surface area (TPSA) is 95.4 Å². The van der Waals surface area contributed by atoms with Crippen LogP contribution in [0.1, 0.15) is 5.56 Å². The van der Waals surface area contributed by atoms with Crippen LogP contribution in [-0.4, -0.2) is 42.1 Å². The number of hydrogen-bond acceptors (Lipinski definition) is 6. The van der Waals surface area contributed by atoms with E-state index in [0.717, 1.165) is 10.8 Å². The summed E-state index contributed by atoms with van der Waals surface area (Å²) in [7, 11) is -0.570. The molecule has 0 aliphatic carbocycles. The van der Waals surface area contributed by atoms with Gasteiger partial charge in [-0.3, -0.25) is 0 Å². The molecule has 0 saturated carbocycles. The zero-order valence-corrected chi connectivity index (χ0v) is 18.2. The number of phenolic OH excluding ortho intramolecular Hbond substituents is 1. The standard InChI is InChI=1S/C23H22N4O3S/c1-15-11-12-16(13-21(15)31(29,30)27(2)3)22-19-9-4-5-10-20(19)23(26-25-22)24-17-7-6-8-18(28)14-17/h4-14,28H,1-3H3,(H,24,26). The van der Waals surface area contributed by atoms with E-state index < -0.39 is 10.0 Å². The van der Waals surface area contributed by atoms with E-state index in [9.17, 15) is 13.5 Å². The summed E-state index contributed by atoms with van der Waals surface area (Å²) in [6.07, 6.45) is 0. The van der Waals surface area contributed by atoms with Crippen LogP contribution in [0.4, 0.5) is 11.5 Å². The molecule has 0 atom stereocenters. The van der Waals surface area contributed by atoms with Gasteiger partial charge >= 0.3 is 0 Å². The lowest BCUT2D eigenvalue weighted by Crippen LogP contribution is -2.23. The smallest absolute Gasteiger partial charge is 0.242 e. The minimum absolute atomic E-state index is 0.146. The van der Waals surface area contributed by atoms with Gasteiger partial charge in [0, 0.05) is 42.2 Å². The monoisotopic (exact) mass is 434 g/mol. The third-order valence-corrected chi connectivity index (χ3v) is 6.97. The molecule has 1 heterocycles. The summed E-state index contributed by atoms with van der Waals surface area (Å²) in [5, 5.41) is 23.3. The number of fused-ring (bicyclic) bond motifs is 1. The molecule has 0 amide bonds. The fourth-order valence-corrected chi connectivity index (χ4v) is 4.50. The second-order valence-corrected chi connectivity index (χ2v) is 9.51. The Kier molecular flexibility index (Phi) is 5.34. The molecule has 0 saturated heterocycles. The van der Waals surface area contributed by atoms with E-state index in [1.807, 2.05) is 36.4 Å². The molecule has 0 bridgehead atoms. The van der Waals surface area contributed by atoms with Crippen LogP contribution in [0, 0.1) is 6.92 Å². The first-order chi connectivity index (χ1) is 14.8. The van der Waals surface area contributed by atoms with Gasteiger partial charge < -0.3 is 10.4 Å². The molecule has 2 N–H and O–H groups in total. The maximum atomic E-state index is 12.7. The lowest BCUT2D eigenvalue weighted by Gasteiger charge is -2.15. The Labute approximate surface area is 181 Å². The van der Waals surface area contributed by atoms with Crippen molar-refractivity contribution in [2.24, 2.45) is 0 Å². The molecule has 0 aliphatic heterocycles. The Morgan fingerprint density at radius 3 is 2.35 bits per heavy atom. The first-order valence-corrected chi connectivity index (χ1v) is 11.1. The largest absolute Gasteiger partial charge is 0.508 e. The van der Waals surface area contributed by atoms with E-state index in [-0.39, 0.29) is 10.6 Å². The van der Waals surface area contributed by atoms with Gasteiger partial charge in [-0.1, -0.05) is 42.5 Å². The summed E-state index contributed by atoms with van der Waals surface area (Å²) >= 11 is 0. The summed E-state index contributed by atoms with van der Waals surface area (Å²) in [4.78, 5) is 0.239. The summed E-state index contributed by atoms with van der Waals surface area (Å²) < 4.78 is 26.7. The summed E-state index contributed by atoms with van der Waals surface area (Å²) in [6, 6.07) is 19.7. The Bertz CT molecular complexity index is 1380. The molecule has 0 radical (unpaired) electrons. The normalized spacial score (nSPS) is 11.7. The molecule has 7 nitrogen and oxygen atoms in total. The van der Waals surface area contributed by atoms with Gasteiger partial charge in [-0.05, 0) is 30.7 Å². The highest BCUT2D eigenvalue weighted by Crippen LogP contribution is 2.33. The molecule has 0 aliphatic rings. The Morgan fingerprint density at radius 2 is 1.65 bits per heavy atom. The highest BCUT2D eigenvalue weighted by molar-refractivity contribution is 7.89. The van der Waals surface area contributed by atoms with Gasteiger partial charge in [0.2, 0.25) is 10.0 Å². The lowest BCUT2D eigenvalue weighted by atomic mass is 10.0. The van der Waals surface area contributed by atoms with Crippen LogP contribution in [0.25, 0.3) is 22.0 Å². The predicted octanol–water partition coefficient (Wildman–Crippen LogP) is 4.30. The number of aromatic hydroxyl groups is 1. The van der Waals surface area contributed by atoms with Gasteiger partial charge in [-0.2, -0.15) is 0 Å². The fourth-order valence-electron chi connectivity index (χ4n) is 3.35. The van der Waals surface area contributed by atoms with Crippen molar-refractivity contribution in [2.45, 2.75) is 11.8 Å². The molecule has 8 heteroatoms. The molecule has 0 fully saturated rings. The highest BCUT2D eigenvalue weighted by Gasteiger charge is 2.21. The molecular formula is C23H22N4O3S. The van der Waals surface area contributed by atoms with Crippen LogP contribution in [0.2, 0.25) is 0 Å². The van der Waals surface area contributed by atoms with Crippen molar-refractivity contribution in [3.63, 3.8) is 0 Å². The van der Waals surface area contributed by atoms with Crippen LogP contribution in [0.5, 0.6) is 5.75 Å². The average molecular weight is 435 g/mol. The van der Waals surface area contributed by atoms with Gasteiger partial charge in [-0.15, -0.1) is 10.2 Å². The first kappa shape index (κ1) is 20.8. The van der Waals surface area contributed by atoms with Crippen LogP contribution in [0.3, 0.4) is 0 Å². The second kappa shape index (κ2) is 7.98. The van der Waals surface area contributed by atoms with E-state index in [4.69, 9.17) is 0 Å². The number of hydrogen-bond donors (Lipinski definition) is 2. The molecular weight excluding hydrogens is 412 g/mol. The number of aromatic nitrogens is 2. The number of aryl methyl sites for hydroxylation is 1. The molecule has 0 spiro atoms. The Morgan fingerprint density at radius 1 is 0.903 bits per heavy atom. The summed E-state index contributed by atoms with van der Waals surface area (Å²) in [6.45, 7) is 1.77. The zero-order chi connectivity index (χ0) is 22.2. The number of benzene rings is 3. The second-order valence-electron chi connectivity index (χ2n) is 7.39. The summed E-state index contributed by atoms with van der Waals surface area (Å²) in [5.74, 6) is 0.686. The van der Waals surface area contributed by atoms with Crippen molar-refractivity contribution < 1.29 is 13.5 Å². The SMILES string of the molecule is Cc1ccc(-c2nnc(Nc3cccc(O)c3)c3ccccc23)cc1S(=O)(=O)N(C)C. The van der Waals surface area contributed by atoms with Crippen LogP contribution >= 0.6 is 0 Å². The minimum atomic E-state index is -3.60. The van der Waals surface area contributed by atoms with Crippen molar-refractivity contribution in [2.75, 3.05) is 19.4 Å². The van der Waals surface area contributed by atoms with Gasteiger partial charge in [-0.25, -0.2) is 12.7 Å².